The first-order chi connectivity index (χ1) is 8.51. The van der Waals surface area contributed by atoms with Crippen LogP contribution in [0.25, 0.3) is 0 Å². The van der Waals surface area contributed by atoms with E-state index in [0.29, 0.717) is 17.2 Å². The molecule has 0 heterocycles. The van der Waals surface area contributed by atoms with Gasteiger partial charge in [0.15, 0.2) is 0 Å². The maximum atomic E-state index is 8.74. The van der Waals surface area contributed by atoms with Crippen LogP contribution in [0.2, 0.25) is 5.02 Å². The van der Waals surface area contributed by atoms with Crippen molar-refractivity contribution in [3.8, 4) is 11.8 Å². The summed E-state index contributed by atoms with van der Waals surface area (Å²) in [6.45, 7) is 2.04. The summed E-state index contributed by atoms with van der Waals surface area (Å²) in [7, 11) is 5.64. The van der Waals surface area contributed by atoms with E-state index >= 15 is 0 Å². The van der Waals surface area contributed by atoms with Crippen molar-refractivity contribution in [1.29, 1.82) is 5.26 Å². The third kappa shape index (κ3) is 3.38. The second-order valence-electron chi connectivity index (χ2n) is 4.52. The minimum Gasteiger partial charge on any atom is -0.495 e. The molecule has 0 aliphatic rings. The molecule has 0 aliphatic heterocycles. The molecule has 1 aromatic rings. The van der Waals surface area contributed by atoms with Gasteiger partial charge < -0.3 is 9.64 Å². The van der Waals surface area contributed by atoms with Crippen LogP contribution in [0.3, 0.4) is 0 Å². The second kappa shape index (κ2) is 6.63. The number of methoxy groups -OCH3 is 1. The van der Waals surface area contributed by atoms with Crippen LogP contribution in [0.4, 0.5) is 0 Å². The highest BCUT2D eigenvalue weighted by molar-refractivity contribution is 6.32. The van der Waals surface area contributed by atoms with Gasteiger partial charge in [0, 0.05) is 12.5 Å². The van der Waals surface area contributed by atoms with Gasteiger partial charge in [-0.05, 0) is 50.7 Å². The van der Waals surface area contributed by atoms with E-state index in [2.05, 4.69) is 11.0 Å². The van der Waals surface area contributed by atoms with E-state index < -0.39 is 0 Å². The number of rotatable bonds is 5. The number of halogens is 1. The first kappa shape index (κ1) is 14.8. The third-order valence-corrected chi connectivity index (χ3v) is 3.35. The maximum Gasteiger partial charge on any atom is 0.137 e. The molecule has 0 bridgehead atoms. The highest BCUT2D eigenvalue weighted by Gasteiger charge is 2.18. The molecule has 1 unspecified atom stereocenters. The number of hydrogen-bond acceptors (Lipinski definition) is 3. The summed E-state index contributed by atoms with van der Waals surface area (Å²) >= 11 is 6.18. The lowest BCUT2D eigenvalue weighted by Gasteiger charge is -2.26. The highest BCUT2D eigenvalue weighted by Crippen LogP contribution is 2.34. The van der Waals surface area contributed by atoms with Crippen LogP contribution in [0.1, 0.15) is 30.0 Å². The molecule has 3 nitrogen and oxygen atoms in total. The summed E-state index contributed by atoms with van der Waals surface area (Å²) in [6.07, 6.45) is 1.33. The van der Waals surface area contributed by atoms with Gasteiger partial charge in [-0.15, -0.1) is 0 Å². The Labute approximate surface area is 114 Å². The Morgan fingerprint density at radius 2 is 2.11 bits per heavy atom. The lowest BCUT2D eigenvalue weighted by Crippen LogP contribution is -2.20. The van der Waals surface area contributed by atoms with E-state index in [1.165, 1.54) is 0 Å². The van der Waals surface area contributed by atoms with E-state index in [0.717, 1.165) is 17.5 Å². The van der Waals surface area contributed by atoms with Crippen molar-refractivity contribution in [3.63, 3.8) is 0 Å². The molecule has 0 fully saturated rings. The Balaban J connectivity index is 3.12. The first-order valence-electron chi connectivity index (χ1n) is 5.88. The maximum absolute atomic E-state index is 8.74. The molecule has 98 valence electrons. The number of aryl methyl sites for hydroxylation is 1. The van der Waals surface area contributed by atoms with Crippen LogP contribution in [-0.4, -0.2) is 26.1 Å². The van der Waals surface area contributed by atoms with E-state index in [4.69, 9.17) is 21.6 Å². The quantitative estimate of drug-likeness (QED) is 0.818. The third-order valence-electron chi connectivity index (χ3n) is 3.05. The van der Waals surface area contributed by atoms with E-state index in [1.807, 2.05) is 33.2 Å². The lowest BCUT2D eigenvalue weighted by molar-refractivity contribution is 0.285. The predicted octanol–water partition coefficient (Wildman–Crippen LogP) is 3.56. The monoisotopic (exact) mass is 266 g/mol. The van der Waals surface area contributed by atoms with E-state index in [-0.39, 0.29) is 6.04 Å². The average Bonchev–Trinajstić information content (AvgIpc) is 2.32. The molecule has 4 heteroatoms. The molecule has 0 aliphatic carbocycles. The van der Waals surface area contributed by atoms with E-state index in [1.54, 1.807) is 7.11 Å². The second-order valence-corrected chi connectivity index (χ2v) is 4.93. The topological polar surface area (TPSA) is 36.3 Å². The molecule has 0 spiro atoms. The van der Waals surface area contributed by atoms with Gasteiger partial charge in [-0.3, -0.25) is 0 Å². The number of ether oxygens (including phenoxy) is 1. The van der Waals surface area contributed by atoms with Gasteiger partial charge in [0.1, 0.15) is 5.75 Å². The summed E-state index contributed by atoms with van der Waals surface area (Å²) in [4.78, 5) is 2.11. The first-order valence-corrected chi connectivity index (χ1v) is 6.26. The van der Waals surface area contributed by atoms with Gasteiger partial charge >= 0.3 is 0 Å². The van der Waals surface area contributed by atoms with Gasteiger partial charge in [0.25, 0.3) is 0 Å². The summed E-state index contributed by atoms with van der Waals surface area (Å²) in [5.41, 5.74) is 2.29. The highest BCUT2D eigenvalue weighted by atomic mass is 35.5. The normalized spacial score (nSPS) is 12.3. The fourth-order valence-corrected chi connectivity index (χ4v) is 2.33. The number of benzene rings is 1. The SMILES string of the molecule is COc1cc(C)c(C(CCC#N)N(C)C)cc1Cl. The number of nitriles is 1. The molecule has 18 heavy (non-hydrogen) atoms. The van der Waals surface area contributed by atoms with Crippen molar-refractivity contribution in [2.24, 2.45) is 0 Å². The van der Waals surface area contributed by atoms with Gasteiger partial charge in [-0.25, -0.2) is 0 Å². The molecule has 1 aromatic carbocycles. The molecule has 0 radical (unpaired) electrons. The minimum atomic E-state index is 0.202. The number of hydrogen-bond donors (Lipinski definition) is 0. The smallest absolute Gasteiger partial charge is 0.137 e. The molecular formula is C14H19ClN2O. The Hall–Kier alpha value is -1.24. The molecule has 1 atom stereocenters. The zero-order chi connectivity index (χ0) is 13.7. The molecule has 0 amide bonds. The predicted molar refractivity (Wildman–Crippen MR) is 74.0 cm³/mol. The largest absolute Gasteiger partial charge is 0.495 e. The molecule has 0 aromatic heterocycles. The summed E-state index contributed by atoms with van der Waals surface area (Å²) in [5.74, 6) is 0.690. The van der Waals surface area contributed by atoms with Crippen molar-refractivity contribution in [2.75, 3.05) is 21.2 Å². The van der Waals surface area contributed by atoms with Gasteiger partial charge in [-0.2, -0.15) is 5.26 Å². The number of nitrogens with zero attached hydrogens (tertiary/aromatic N) is 2. The van der Waals surface area contributed by atoms with Crippen molar-refractivity contribution in [3.05, 3.63) is 28.3 Å². The molecular weight excluding hydrogens is 248 g/mol. The van der Waals surface area contributed by atoms with Crippen LogP contribution >= 0.6 is 11.6 Å². The standard InChI is InChI=1S/C14H19ClN2O/c1-10-8-14(18-4)12(15)9-11(10)13(17(2)3)6-5-7-16/h8-9,13H,5-6H2,1-4H3. The van der Waals surface area contributed by atoms with Gasteiger partial charge in [0.2, 0.25) is 0 Å². The Bertz CT molecular complexity index is 452. The fourth-order valence-electron chi connectivity index (χ4n) is 2.08. The van der Waals surface area contributed by atoms with Crippen LogP contribution < -0.4 is 4.74 Å². The summed E-state index contributed by atoms with van der Waals surface area (Å²) in [5, 5.41) is 9.35. The van der Waals surface area contributed by atoms with Gasteiger partial charge in [-0.1, -0.05) is 11.6 Å². The summed E-state index contributed by atoms with van der Waals surface area (Å²) in [6, 6.07) is 6.28. The Morgan fingerprint density at radius 3 is 2.61 bits per heavy atom. The van der Waals surface area contributed by atoms with Gasteiger partial charge in [0.05, 0.1) is 18.2 Å². The average molecular weight is 267 g/mol. The lowest BCUT2D eigenvalue weighted by atomic mass is 9.96. The van der Waals surface area contributed by atoms with E-state index in [9.17, 15) is 0 Å². The zero-order valence-corrected chi connectivity index (χ0v) is 12.1. The molecule has 0 saturated heterocycles. The summed E-state index contributed by atoms with van der Waals surface area (Å²) < 4.78 is 5.20. The van der Waals surface area contributed by atoms with Crippen LogP contribution in [0, 0.1) is 18.3 Å². The molecule has 0 saturated carbocycles. The van der Waals surface area contributed by atoms with Crippen molar-refractivity contribution in [1.82, 2.24) is 4.90 Å². The molecule has 1 rings (SSSR count). The minimum absolute atomic E-state index is 0.202. The van der Waals surface area contributed by atoms with Crippen molar-refractivity contribution < 1.29 is 4.74 Å². The van der Waals surface area contributed by atoms with Crippen molar-refractivity contribution in [2.45, 2.75) is 25.8 Å². The zero-order valence-electron chi connectivity index (χ0n) is 11.3. The van der Waals surface area contributed by atoms with Crippen LogP contribution in [0.15, 0.2) is 12.1 Å². The molecule has 0 N–H and O–H groups in total. The Kier molecular flexibility index (Phi) is 5.46. The van der Waals surface area contributed by atoms with Crippen LogP contribution in [0.5, 0.6) is 5.75 Å². The fraction of sp³-hybridized carbons (Fsp3) is 0.500. The van der Waals surface area contributed by atoms with Crippen LogP contribution in [-0.2, 0) is 0 Å². The van der Waals surface area contributed by atoms with Crippen molar-refractivity contribution >= 4 is 11.6 Å². The Morgan fingerprint density at radius 1 is 1.44 bits per heavy atom.